The quantitative estimate of drug-likeness (QED) is 0.525. The van der Waals surface area contributed by atoms with Crippen molar-refractivity contribution in [3.8, 4) is 22.6 Å². The van der Waals surface area contributed by atoms with E-state index in [9.17, 15) is 4.79 Å². The standard InChI is InChI=1S/C23H21N5O/c1-23(2)9-8-20-27-19-11-15(6-7-17(19)22(29)28(20)14-23)21-25-12-16(13-26-21)18-5-3-4-10-24-18/h3-7,10-13H,8-9,14H2,1-2H3. The Morgan fingerprint density at radius 3 is 2.59 bits per heavy atom. The molecule has 4 aromatic rings. The highest BCUT2D eigenvalue weighted by atomic mass is 16.1. The van der Waals surface area contributed by atoms with Crippen LogP contribution in [-0.4, -0.2) is 24.5 Å². The average molecular weight is 383 g/mol. The van der Waals surface area contributed by atoms with Crippen LogP contribution in [0.2, 0.25) is 0 Å². The number of rotatable bonds is 2. The molecule has 0 unspecified atom stereocenters. The predicted molar refractivity (Wildman–Crippen MR) is 112 cm³/mol. The molecule has 1 aliphatic heterocycles. The second-order valence-corrected chi connectivity index (χ2v) is 8.33. The Kier molecular flexibility index (Phi) is 4.01. The molecule has 0 radical (unpaired) electrons. The lowest BCUT2D eigenvalue weighted by atomic mass is 9.85. The molecule has 0 spiro atoms. The van der Waals surface area contributed by atoms with Gasteiger partial charge < -0.3 is 0 Å². The molecule has 4 heterocycles. The zero-order chi connectivity index (χ0) is 20.0. The Bertz CT molecular complexity index is 1260. The lowest BCUT2D eigenvalue weighted by Gasteiger charge is -2.31. The lowest BCUT2D eigenvalue weighted by Crippen LogP contribution is -2.36. The first-order chi connectivity index (χ1) is 14.0. The van der Waals surface area contributed by atoms with E-state index < -0.39 is 0 Å². The highest BCUT2D eigenvalue weighted by Gasteiger charge is 2.27. The zero-order valence-corrected chi connectivity index (χ0v) is 16.5. The van der Waals surface area contributed by atoms with Gasteiger partial charge in [-0.1, -0.05) is 26.0 Å². The summed E-state index contributed by atoms with van der Waals surface area (Å²) in [7, 11) is 0. The van der Waals surface area contributed by atoms with Crippen LogP contribution in [0.4, 0.5) is 0 Å². The summed E-state index contributed by atoms with van der Waals surface area (Å²) in [6, 6.07) is 11.4. The van der Waals surface area contributed by atoms with Gasteiger partial charge in [-0.15, -0.1) is 0 Å². The van der Waals surface area contributed by atoms with Crippen molar-refractivity contribution in [2.45, 2.75) is 33.2 Å². The van der Waals surface area contributed by atoms with Gasteiger partial charge in [0.2, 0.25) is 0 Å². The van der Waals surface area contributed by atoms with Crippen LogP contribution in [0.15, 0.2) is 59.8 Å². The smallest absolute Gasteiger partial charge is 0.261 e. The summed E-state index contributed by atoms with van der Waals surface area (Å²) in [6.07, 6.45) is 7.14. The van der Waals surface area contributed by atoms with Gasteiger partial charge in [0.15, 0.2) is 5.82 Å². The second-order valence-electron chi connectivity index (χ2n) is 8.33. The van der Waals surface area contributed by atoms with Gasteiger partial charge in [-0.25, -0.2) is 15.0 Å². The first-order valence-electron chi connectivity index (χ1n) is 9.77. The van der Waals surface area contributed by atoms with Crippen molar-refractivity contribution in [2.75, 3.05) is 0 Å². The number of hydrogen-bond donors (Lipinski definition) is 0. The fourth-order valence-electron chi connectivity index (χ4n) is 3.86. The van der Waals surface area contributed by atoms with Crippen molar-refractivity contribution in [3.63, 3.8) is 0 Å². The molecule has 29 heavy (non-hydrogen) atoms. The van der Waals surface area contributed by atoms with Gasteiger partial charge in [0.1, 0.15) is 5.82 Å². The summed E-state index contributed by atoms with van der Waals surface area (Å²) in [5.41, 5.74) is 3.41. The average Bonchev–Trinajstić information content (AvgIpc) is 2.75. The van der Waals surface area contributed by atoms with E-state index in [1.165, 1.54) is 0 Å². The molecule has 6 nitrogen and oxygen atoms in total. The number of fused-ring (bicyclic) bond motifs is 2. The number of pyridine rings is 1. The molecule has 1 aromatic carbocycles. The largest absolute Gasteiger partial charge is 0.296 e. The Morgan fingerprint density at radius 1 is 1.00 bits per heavy atom. The molecule has 0 aliphatic carbocycles. The molecular weight excluding hydrogens is 362 g/mol. The number of hydrogen-bond acceptors (Lipinski definition) is 5. The Morgan fingerprint density at radius 2 is 1.83 bits per heavy atom. The third-order valence-corrected chi connectivity index (χ3v) is 5.52. The van der Waals surface area contributed by atoms with Crippen LogP contribution >= 0.6 is 0 Å². The summed E-state index contributed by atoms with van der Waals surface area (Å²) < 4.78 is 1.84. The van der Waals surface area contributed by atoms with E-state index in [0.29, 0.717) is 23.3 Å². The third-order valence-electron chi connectivity index (χ3n) is 5.52. The monoisotopic (exact) mass is 383 g/mol. The van der Waals surface area contributed by atoms with E-state index in [0.717, 1.165) is 35.5 Å². The van der Waals surface area contributed by atoms with Gasteiger partial charge in [-0.2, -0.15) is 0 Å². The molecule has 1 aliphatic rings. The minimum absolute atomic E-state index is 0.0377. The van der Waals surface area contributed by atoms with Crippen molar-refractivity contribution in [2.24, 2.45) is 5.41 Å². The molecule has 5 rings (SSSR count). The third kappa shape index (κ3) is 3.20. The number of aromatic nitrogens is 5. The first-order valence-corrected chi connectivity index (χ1v) is 9.77. The zero-order valence-electron chi connectivity index (χ0n) is 16.5. The van der Waals surface area contributed by atoms with Crippen molar-refractivity contribution in [1.29, 1.82) is 0 Å². The molecule has 144 valence electrons. The molecule has 0 fully saturated rings. The maximum atomic E-state index is 13.0. The SMILES string of the molecule is CC1(C)CCc2nc3cc(-c4ncc(-c5ccccn5)cn4)ccc3c(=O)n2C1. The number of benzene rings is 1. The van der Waals surface area contributed by atoms with Crippen LogP contribution in [0.3, 0.4) is 0 Å². The van der Waals surface area contributed by atoms with Crippen molar-refractivity contribution in [3.05, 3.63) is 71.2 Å². The summed E-state index contributed by atoms with van der Waals surface area (Å²) >= 11 is 0. The minimum atomic E-state index is 0.0377. The van der Waals surface area contributed by atoms with E-state index >= 15 is 0 Å². The Hall–Kier alpha value is -3.41. The van der Waals surface area contributed by atoms with Crippen LogP contribution < -0.4 is 5.56 Å². The predicted octanol–water partition coefficient (Wildman–Crippen LogP) is 3.89. The molecule has 0 saturated heterocycles. The van der Waals surface area contributed by atoms with Crippen LogP contribution in [0.25, 0.3) is 33.5 Å². The summed E-state index contributed by atoms with van der Waals surface area (Å²) in [4.78, 5) is 31.1. The van der Waals surface area contributed by atoms with Crippen LogP contribution in [0.5, 0.6) is 0 Å². The van der Waals surface area contributed by atoms with Gasteiger partial charge in [0.05, 0.1) is 16.6 Å². The highest BCUT2D eigenvalue weighted by molar-refractivity contribution is 5.82. The first kappa shape index (κ1) is 17.7. The van der Waals surface area contributed by atoms with E-state index in [2.05, 4.69) is 28.8 Å². The summed E-state index contributed by atoms with van der Waals surface area (Å²) in [5.74, 6) is 1.47. The van der Waals surface area contributed by atoms with Gasteiger partial charge in [-0.3, -0.25) is 14.3 Å². The summed E-state index contributed by atoms with van der Waals surface area (Å²) in [5, 5.41) is 0.639. The maximum absolute atomic E-state index is 13.0. The van der Waals surface area contributed by atoms with Gasteiger partial charge in [0.25, 0.3) is 5.56 Å². The Labute approximate surface area is 168 Å². The van der Waals surface area contributed by atoms with Gasteiger partial charge in [-0.05, 0) is 36.1 Å². The van der Waals surface area contributed by atoms with Crippen LogP contribution in [-0.2, 0) is 13.0 Å². The Balaban J connectivity index is 1.54. The molecule has 0 bridgehead atoms. The molecule has 3 aromatic heterocycles. The fourth-order valence-corrected chi connectivity index (χ4v) is 3.86. The summed E-state index contributed by atoms with van der Waals surface area (Å²) in [6.45, 7) is 5.10. The van der Waals surface area contributed by atoms with Crippen LogP contribution in [0, 0.1) is 5.41 Å². The van der Waals surface area contributed by atoms with E-state index in [1.807, 2.05) is 41.0 Å². The van der Waals surface area contributed by atoms with Crippen LogP contribution in [0.1, 0.15) is 26.1 Å². The minimum Gasteiger partial charge on any atom is -0.296 e. The molecule has 0 saturated carbocycles. The molecule has 0 amide bonds. The van der Waals surface area contributed by atoms with Crippen molar-refractivity contribution < 1.29 is 0 Å². The van der Waals surface area contributed by atoms with Crippen molar-refractivity contribution >= 4 is 10.9 Å². The fraction of sp³-hybridized carbons (Fsp3) is 0.261. The van der Waals surface area contributed by atoms with E-state index in [-0.39, 0.29) is 11.0 Å². The molecule has 6 heteroatoms. The molecule has 0 atom stereocenters. The van der Waals surface area contributed by atoms with Crippen molar-refractivity contribution in [1.82, 2.24) is 24.5 Å². The van der Waals surface area contributed by atoms with Gasteiger partial charge >= 0.3 is 0 Å². The van der Waals surface area contributed by atoms with E-state index in [1.54, 1.807) is 18.6 Å². The van der Waals surface area contributed by atoms with E-state index in [4.69, 9.17) is 4.98 Å². The molecular formula is C23H21N5O. The van der Waals surface area contributed by atoms with Gasteiger partial charge in [0, 0.05) is 42.7 Å². The number of aryl methyl sites for hydroxylation is 1. The number of nitrogens with zero attached hydrogens (tertiary/aromatic N) is 5. The second kappa shape index (κ2) is 6.58. The maximum Gasteiger partial charge on any atom is 0.261 e. The highest BCUT2D eigenvalue weighted by Crippen LogP contribution is 2.30. The lowest BCUT2D eigenvalue weighted by molar-refractivity contribution is 0.240. The molecule has 0 N–H and O–H groups in total. The topological polar surface area (TPSA) is 73.6 Å². The normalized spacial score (nSPS) is 15.2.